The number of nitrogens with one attached hydrogen (secondary N) is 1. The monoisotopic (exact) mass is 382 g/mol. The van der Waals surface area contributed by atoms with Gasteiger partial charge in [-0.3, -0.25) is 0 Å². The van der Waals surface area contributed by atoms with Crippen LogP contribution in [0.2, 0.25) is 0 Å². The van der Waals surface area contributed by atoms with Gasteiger partial charge in [0.2, 0.25) is 10.0 Å². The van der Waals surface area contributed by atoms with E-state index in [2.05, 4.69) is 5.32 Å². The van der Waals surface area contributed by atoms with Crippen molar-refractivity contribution in [2.24, 2.45) is 0 Å². The summed E-state index contributed by atoms with van der Waals surface area (Å²) < 4.78 is 50.4. The summed E-state index contributed by atoms with van der Waals surface area (Å²) in [6, 6.07) is 4.18. The van der Waals surface area contributed by atoms with Gasteiger partial charge in [-0.05, 0) is 50.6 Å². The third-order valence-corrected chi connectivity index (χ3v) is 7.23. The zero-order chi connectivity index (χ0) is 16.5. The van der Waals surface area contributed by atoms with E-state index in [0.29, 0.717) is 5.56 Å². The molecule has 0 aromatic heterocycles. The van der Waals surface area contributed by atoms with E-state index in [1.54, 1.807) is 20.0 Å². The summed E-state index contributed by atoms with van der Waals surface area (Å²) in [4.78, 5) is 0.0897. The fourth-order valence-electron chi connectivity index (χ4n) is 2.61. The Bertz CT molecular complexity index is 757. The largest absolute Gasteiger partial charge is 0.317 e. The van der Waals surface area contributed by atoms with E-state index in [1.807, 2.05) is 0 Å². The summed E-state index contributed by atoms with van der Waals surface area (Å²) in [5.74, 6) is 0. The van der Waals surface area contributed by atoms with E-state index in [1.165, 1.54) is 16.4 Å². The van der Waals surface area contributed by atoms with Gasteiger partial charge in [0.25, 0.3) is 0 Å². The average Bonchev–Trinajstić information content (AvgIpc) is 2.46. The molecule has 0 aliphatic carbocycles. The first-order valence-electron chi connectivity index (χ1n) is 7.13. The van der Waals surface area contributed by atoms with Gasteiger partial charge in [-0.2, -0.15) is 4.31 Å². The van der Waals surface area contributed by atoms with Crippen LogP contribution in [0.1, 0.15) is 18.4 Å². The third-order valence-electron chi connectivity index (χ3n) is 4.07. The quantitative estimate of drug-likeness (QED) is 0.845. The van der Waals surface area contributed by atoms with E-state index in [9.17, 15) is 16.8 Å². The van der Waals surface area contributed by atoms with Gasteiger partial charge in [-0.25, -0.2) is 16.8 Å². The summed E-state index contributed by atoms with van der Waals surface area (Å²) in [5.41, 5.74) is 0.549. The first-order valence-corrected chi connectivity index (χ1v) is 10.5. The Hall–Kier alpha value is -0.670. The van der Waals surface area contributed by atoms with Crippen molar-refractivity contribution in [1.29, 1.82) is 0 Å². The molecule has 1 fully saturated rings. The normalized spacial score (nSPS) is 17.0. The molecule has 0 amide bonds. The molecule has 0 radical (unpaired) electrons. The van der Waals surface area contributed by atoms with Gasteiger partial charge >= 0.3 is 0 Å². The van der Waals surface area contributed by atoms with E-state index in [0.717, 1.165) is 32.2 Å². The van der Waals surface area contributed by atoms with Crippen molar-refractivity contribution in [1.82, 2.24) is 9.62 Å². The maximum Gasteiger partial charge on any atom is 0.243 e. The standard InChI is InChI=1S/C14H22N2O4S2.ClH/c1-11-4-5-13(21(3,17)18)10-14(11)22(19,20)16(2)12-6-8-15-9-7-12;/h4-5,10,12,15H,6-9H2,1-3H3;1H. The Labute approximate surface area is 144 Å². The minimum atomic E-state index is -3.71. The van der Waals surface area contributed by atoms with Crippen molar-refractivity contribution in [3.63, 3.8) is 0 Å². The van der Waals surface area contributed by atoms with Gasteiger partial charge in [0.15, 0.2) is 9.84 Å². The molecule has 1 heterocycles. The Balaban J connectivity index is 0.00000264. The maximum absolute atomic E-state index is 12.8. The van der Waals surface area contributed by atoms with Crippen LogP contribution in [0.5, 0.6) is 0 Å². The molecule has 1 N–H and O–H groups in total. The highest BCUT2D eigenvalue weighted by Gasteiger charge is 2.30. The van der Waals surface area contributed by atoms with Crippen LogP contribution in [0.15, 0.2) is 28.0 Å². The summed E-state index contributed by atoms with van der Waals surface area (Å²) in [5, 5.41) is 3.20. The number of benzene rings is 1. The lowest BCUT2D eigenvalue weighted by Gasteiger charge is -2.31. The van der Waals surface area contributed by atoms with Crippen LogP contribution in [-0.4, -0.2) is 53.6 Å². The van der Waals surface area contributed by atoms with E-state index < -0.39 is 19.9 Å². The number of aryl methyl sites for hydroxylation is 1. The first kappa shape index (κ1) is 20.4. The fourth-order valence-corrected chi connectivity index (χ4v) is 5.00. The van der Waals surface area contributed by atoms with Crippen molar-refractivity contribution in [2.45, 2.75) is 35.6 Å². The number of nitrogens with zero attached hydrogens (tertiary/aromatic N) is 1. The van der Waals surface area contributed by atoms with Crippen molar-refractivity contribution >= 4 is 32.3 Å². The Morgan fingerprint density at radius 1 is 1.13 bits per heavy atom. The van der Waals surface area contributed by atoms with Crippen molar-refractivity contribution in [3.05, 3.63) is 23.8 Å². The second-order valence-electron chi connectivity index (χ2n) is 5.70. The molecule has 1 aliphatic rings. The number of piperidine rings is 1. The zero-order valence-corrected chi connectivity index (χ0v) is 15.9. The smallest absolute Gasteiger partial charge is 0.243 e. The van der Waals surface area contributed by atoms with Crippen LogP contribution >= 0.6 is 12.4 Å². The lowest BCUT2D eigenvalue weighted by atomic mass is 10.1. The molecule has 1 aromatic carbocycles. The molecule has 23 heavy (non-hydrogen) atoms. The number of rotatable bonds is 4. The maximum atomic E-state index is 12.8. The molecule has 1 aliphatic heterocycles. The highest BCUT2D eigenvalue weighted by molar-refractivity contribution is 7.91. The molecular weight excluding hydrogens is 360 g/mol. The van der Waals surface area contributed by atoms with Gasteiger partial charge in [-0.1, -0.05) is 6.07 Å². The Kier molecular flexibility index (Phi) is 6.63. The molecule has 0 atom stereocenters. The van der Waals surface area contributed by atoms with Gasteiger partial charge in [0.1, 0.15) is 0 Å². The van der Waals surface area contributed by atoms with E-state index in [-0.39, 0.29) is 28.2 Å². The molecule has 0 unspecified atom stereocenters. The van der Waals surface area contributed by atoms with Crippen LogP contribution in [-0.2, 0) is 19.9 Å². The van der Waals surface area contributed by atoms with Gasteiger partial charge in [-0.15, -0.1) is 12.4 Å². The van der Waals surface area contributed by atoms with Crippen molar-refractivity contribution < 1.29 is 16.8 Å². The van der Waals surface area contributed by atoms with Crippen molar-refractivity contribution in [2.75, 3.05) is 26.4 Å². The SMILES string of the molecule is Cc1ccc(S(C)(=O)=O)cc1S(=O)(=O)N(C)C1CCNCC1.Cl. The summed E-state index contributed by atoms with van der Waals surface area (Å²) in [6.45, 7) is 3.25. The number of hydrogen-bond donors (Lipinski definition) is 1. The molecule has 6 nitrogen and oxygen atoms in total. The number of hydrogen-bond acceptors (Lipinski definition) is 5. The molecular formula is C14H23ClN2O4S2. The van der Waals surface area contributed by atoms with E-state index in [4.69, 9.17) is 0 Å². The molecule has 1 saturated heterocycles. The minimum absolute atomic E-state index is 0. The highest BCUT2D eigenvalue weighted by Crippen LogP contribution is 2.25. The predicted molar refractivity (Wildman–Crippen MR) is 92.4 cm³/mol. The first-order chi connectivity index (χ1) is 10.1. The molecule has 1 aromatic rings. The van der Waals surface area contributed by atoms with Crippen LogP contribution in [0.3, 0.4) is 0 Å². The molecule has 0 saturated carbocycles. The molecule has 0 bridgehead atoms. The summed E-state index contributed by atoms with van der Waals surface area (Å²) >= 11 is 0. The average molecular weight is 383 g/mol. The van der Waals surface area contributed by atoms with Crippen LogP contribution in [0.25, 0.3) is 0 Å². The van der Waals surface area contributed by atoms with E-state index >= 15 is 0 Å². The minimum Gasteiger partial charge on any atom is -0.317 e. The number of halogens is 1. The Morgan fingerprint density at radius 2 is 1.70 bits per heavy atom. The third kappa shape index (κ3) is 4.45. The zero-order valence-electron chi connectivity index (χ0n) is 13.4. The van der Waals surface area contributed by atoms with Gasteiger partial charge in [0, 0.05) is 19.3 Å². The second kappa shape index (κ2) is 7.48. The second-order valence-corrected chi connectivity index (χ2v) is 9.68. The molecule has 0 spiro atoms. The summed E-state index contributed by atoms with van der Waals surface area (Å²) in [7, 11) is -5.59. The highest BCUT2D eigenvalue weighted by atomic mass is 35.5. The lowest BCUT2D eigenvalue weighted by Crippen LogP contribution is -2.44. The molecule has 132 valence electrons. The predicted octanol–water partition coefficient (Wildman–Crippen LogP) is 1.19. The molecule has 9 heteroatoms. The van der Waals surface area contributed by atoms with Crippen LogP contribution in [0, 0.1) is 6.92 Å². The van der Waals surface area contributed by atoms with Crippen molar-refractivity contribution in [3.8, 4) is 0 Å². The topological polar surface area (TPSA) is 83.5 Å². The number of sulfonamides is 1. The van der Waals surface area contributed by atoms with Crippen LogP contribution in [0.4, 0.5) is 0 Å². The summed E-state index contributed by atoms with van der Waals surface area (Å²) in [6.07, 6.45) is 2.58. The van der Waals surface area contributed by atoms with Crippen LogP contribution < -0.4 is 5.32 Å². The van der Waals surface area contributed by atoms with Gasteiger partial charge < -0.3 is 5.32 Å². The Morgan fingerprint density at radius 3 is 2.22 bits per heavy atom. The lowest BCUT2D eigenvalue weighted by molar-refractivity contribution is 0.296. The van der Waals surface area contributed by atoms with Gasteiger partial charge in [0.05, 0.1) is 9.79 Å². The number of sulfone groups is 1. The molecule has 2 rings (SSSR count). The fraction of sp³-hybridized carbons (Fsp3) is 0.571.